The van der Waals surface area contributed by atoms with Crippen molar-refractivity contribution in [1.29, 1.82) is 0 Å². The SMILES string of the molecule is CC1(CNc2cc(C(F)(F)F)cc(Cl)n2)CCCCC1. The second-order valence-corrected chi connectivity index (χ2v) is 6.17. The zero-order valence-corrected chi connectivity index (χ0v) is 12.1. The van der Waals surface area contributed by atoms with Crippen LogP contribution in [0.15, 0.2) is 12.1 Å². The van der Waals surface area contributed by atoms with Crippen LogP contribution in [0.2, 0.25) is 5.15 Å². The van der Waals surface area contributed by atoms with Crippen LogP contribution in [0.5, 0.6) is 0 Å². The zero-order chi connectivity index (χ0) is 14.8. The maximum Gasteiger partial charge on any atom is 0.416 e. The van der Waals surface area contributed by atoms with Crippen LogP contribution in [0.4, 0.5) is 19.0 Å². The van der Waals surface area contributed by atoms with Crippen molar-refractivity contribution in [2.45, 2.75) is 45.2 Å². The van der Waals surface area contributed by atoms with Crippen molar-refractivity contribution < 1.29 is 13.2 Å². The number of hydrogen-bond acceptors (Lipinski definition) is 2. The third kappa shape index (κ3) is 4.01. The van der Waals surface area contributed by atoms with Crippen molar-refractivity contribution in [3.05, 3.63) is 22.8 Å². The van der Waals surface area contributed by atoms with Gasteiger partial charge in [-0.25, -0.2) is 4.98 Å². The van der Waals surface area contributed by atoms with E-state index in [-0.39, 0.29) is 16.4 Å². The molecular formula is C14H18ClF3N2. The van der Waals surface area contributed by atoms with Crippen molar-refractivity contribution >= 4 is 17.4 Å². The van der Waals surface area contributed by atoms with Gasteiger partial charge in [0.05, 0.1) is 5.56 Å². The fourth-order valence-corrected chi connectivity index (χ4v) is 2.85. The molecule has 0 aromatic carbocycles. The Balaban J connectivity index is 2.07. The molecule has 20 heavy (non-hydrogen) atoms. The molecule has 0 bridgehead atoms. The average Bonchev–Trinajstić information content (AvgIpc) is 2.36. The highest BCUT2D eigenvalue weighted by atomic mass is 35.5. The molecule has 1 aromatic rings. The first kappa shape index (κ1) is 15.4. The molecule has 1 N–H and O–H groups in total. The van der Waals surface area contributed by atoms with Crippen molar-refractivity contribution in [3.63, 3.8) is 0 Å². The molecule has 0 spiro atoms. The van der Waals surface area contributed by atoms with E-state index in [1.54, 1.807) is 0 Å². The Morgan fingerprint density at radius 2 is 1.90 bits per heavy atom. The van der Waals surface area contributed by atoms with Gasteiger partial charge in [-0.1, -0.05) is 37.8 Å². The molecule has 1 aliphatic carbocycles. The summed E-state index contributed by atoms with van der Waals surface area (Å²) in [5, 5.41) is 2.87. The molecular weight excluding hydrogens is 289 g/mol. The molecule has 1 aromatic heterocycles. The monoisotopic (exact) mass is 306 g/mol. The van der Waals surface area contributed by atoms with Gasteiger partial charge < -0.3 is 5.32 Å². The highest BCUT2D eigenvalue weighted by Crippen LogP contribution is 2.36. The van der Waals surface area contributed by atoms with Gasteiger partial charge in [0.25, 0.3) is 0 Å². The smallest absolute Gasteiger partial charge is 0.369 e. The summed E-state index contributed by atoms with van der Waals surface area (Å²) in [5.74, 6) is 0.191. The lowest BCUT2D eigenvalue weighted by Crippen LogP contribution is -2.29. The Kier molecular flexibility index (Phi) is 4.47. The van der Waals surface area contributed by atoms with Crippen LogP contribution in [-0.4, -0.2) is 11.5 Å². The van der Waals surface area contributed by atoms with Crippen LogP contribution in [-0.2, 0) is 6.18 Å². The van der Waals surface area contributed by atoms with Gasteiger partial charge in [-0.05, 0) is 30.4 Å². The quantitative estimate of drug-likeness (QED) is 0.782. The first-order chi connectivity index (χ1) is 9.28. The molecule has 0 radical (unpaired) electrons. The van der Waals surface area contributed by atoms with Crippen molar-refractivity contribution in [3.8, 4) is 0 Å². The minimum absolute atomic E-state index is 0.126. The number of pyridine rings is 1. The van der Waals surface area contributed by atoms with Crippen LogP contribution in [0.25, 0.3) is 0 Å². The van der Waals surface area contributed by atoms with E-state index < -0.39 is 11.7 Å². The Morgan fingerprint density at radius 1 is 1.25 bits per heavy atom. The molecule has 1 fully saturated rings. The molecule has 1 saturated carbocycles. The number of aromatic nitrogens is 1. The second kappa shape index (κ2) is 5.80. The maximum absolute atomic E-state index is 12.7. The minimum Gasteiger partial charge on any atom is -0.369 e. The lowest BCUT2D eigenvalue weighted by atomic mass is 9.76. The molecule has 1 aliphatic rings. The lowest BCUT2D eigenvalue weighted by molar-refractivity contribution is -0.137. The van der Waals surface area contributed by atoms with Gasteiger partial charge in [-0.3, -0.25) is 0 Å². The maximum atomic E-state index is 12.7. The molecule has 2 nitrogen and oxygen atoms in total. The minimum atomic E-state index is -4.41. The fraction of sp³-hybridized carbons (Fsp3) is 0.643. The molecule has 112 valence electrons. The van der Waals surface area contributed by atoms with Gasteiger partial charge in [0, 0.05) is 6.54 Å². The topological polar surface area (TPSA) is 24.9 Å². The molecule has 0 amide bonds. The first-order valence-corrected chi connectivity index (χ1v) is 7.15. The van der Waals surface area contributed by atoms with Crippen LogP contribution < -0.4 is 5.32 Å². The average molecular weight is 307 g/mol. The second-order valence-electron chi connectivity index (χ2n) is 5.79. The molecule has 0 aliphatic heterocycles. The highest BCUT2D eigenvalue weighted by molar-refractivity contribution is 6.29. The van der Waals surface area contributed by atoms with Crippen LogP contribution >= 0.6 is 11.6 Å². The van der Waals surface area contributed by atoms with Crippen LogP contribution in [0.3, 0.4) is 0 Å². The Labute approximate surface area is 121 Å². The van der Waals surface area contributed by atoms with E-state index in [1.165, 1.54) is 19.3 Å². The number of anilines is 1. The number of nitrogens with one attached hydrogen (secondary N) is 1. The van der Waals surface area contributed by atoms with Gasteiger partial charge in [-0.15, -0.1) is 0 Å². The van der Waals surface area contributed by atoms with Gasteiger partial charge in [0.15, 0.2) is 0 Å². The van der Waals surface area contributed by atoms with Crippen LogP contribution in [0.1, 0.15) is 44.6 Å². The summed E-state index contributed by atoms with van der Waals surface area (Å²) in [6, 6.07) is 1.85. The molecule has 0 saturated heterocycles. The number of rotatable bonds is 3. The van der Waals surface area contributed by atoms with E-state index in [1.807, 2.05) is 0 Å². The van der Waals surface area contributed by atoms with E-state index in [0.717, 1.165) is 25.0 Å². The van der Waals surface area contributed by atoms with Crippen molar-refractivity contribution in [2.24, 2.45) is 5.41 Å². The Bertz CT molecular complexity index is 468. The molecule has 6 heteroatoms. The van der Waals surface area contributed by atoms with Gasteiger partial charge >= 0.3 is 6.18 Å². The third-order valence-corrected chi connectivity index (χ3v) is 4.07. The summed E-state index contributed by atoms with van der Waals surface area (Å²) >= 11 is 5.66. The van der Waals surface area contributed by atoms with Gasteiger partial charge in [-0.2, -0.15) is 13.2 Å². The van der Waals surface area contributed by atoms with E-state index in [4.69, 9.17) is 11.6 Å². The number of halogens is 4. The summed E-state index contributed by atoms with van der Waals surface area (Å²) in [6.07, 6.45) is 1.37. The summed E-state index contributed by atoms with van der Waals surface area (Å²) in [4.78, 5) is 3.92. The molecule has 1 heterocycles. The van der Waals surface area contributed by atoms with Crippen molar-refractivity contribution in [2.75, 3.05) is 11.9 Å². The van der Waals surface area contributed by atoms with E-state index >= 15 is 0 Å². The van der Waals surface area contributed by atoms with Crippen LogP contribution in [0, 0.1) is 5.41 Å². The number of hydrogen-bond donors (Lipinski definition) is 1. The zero-order valence-electron chi connectivity index (χ0n) is 11.4. The van der Waals surface area contributed by atoms with Gasteiger partial charge in [0.2, 0.25) is 0 Å². The summed E-state index contributed by atoms with van der Waals surface area (Å²) in [5.41, 5.74) is -0.644. The van der Waals surface area contributed by atoms with E-state index in [2.05, 4.69) is 17.2 Å². The van der Waals surface area contributed by atoms with E-state index in [9.17, 15) is 13.2 Å². The number of nitrogens with zero attached hydrogens (tertiary/aromatic N) is 1. The standard InChI is InChI=1S/C14H18ClF3N2/c1-13(5-3-2-4-6-13)9-19-12-8-10(14(16,17)18)7-11(15)20-12/h7-8H,2-6,9H2,1H3,(H,19,20). The summed E-state index contributed by atoms with van der Waals surface area (Å²) in [6.45, 7) is 2.78. The van der Waals surface area contributed by atoms with Crippen molar-refractivity contribution in [1.82, 2.24) is 4.98 Å². The Morgan fingerprint density at radius 3 is 2.50 bits per heavy atom. The normalized spacial score (nSPS) is 18.9. The predicted octanol–water partition coefficient (Wildman–Crippen LogP) is 5.14. The molecule has 0 atom stereocenters. The lowest BCUT2D eigenvalue weighted by Gasteiger charge is -2.33. The predicted molar refractivity (Wildman–Crippen MR) is 73.9 cm³/mol. The van der Waals surface area contributed by atoms with E-state index in [0.29, 0.717) is 6.54 Å². The van der Waals surface area contributed by atoms with Gasteiger partial charge in [0.1, 0.15) is 11.0 Å². The number of alkyl halides is 3. The Hall–Kier alpha value is -0.970. The summed E-state index contributed by atoms with van der Waals surface area (Å²) in [7, 11) is 0. The summed E-state index contributed by atoms with van der Waals surface area (Å²) < 4.78 is 38.1. The largest absolute Gasteiger partial charge is 0.416 e. The molecule has 2 rings (SSSR count). The fourth-order valence-electron chi connectivity index (χ4n) is 2.64. The molecule has 0 unspecified atom stereocenters. The highest BCUT2D eigenvalue weighted by Gasteiger charge is 2.32. The first-order valence-electron chi connectivity index (χ1n) is 6.77. The third-order valence-electron chi connectivity index (χ3n) is 3.88.